The number of thiocarbonyl (C=S) groups is 1. The number of oxazole rings is 1. The van der Waals surface area contributed by atoms with Crippen LogP contribution in [0.4, 0.5) is 5.69 Å². The minimum absolute atomic E-state index is 0.211. The van der Waals surface area contributed by atoms with Gasteiger partial charge in [-0.15, -0.1) is 0 Å². The van der Waals surface area contributed by atoms with Crippen LogP contribution >= 0.6 is 23.8 Å². The topological polar surface area (TPSA) is 64.1 Å². The number of halogens is 1. The van der Waals surface area contributed by atoms with Crippen molar-refractivity contribution in [3.63, 3.8) is 0 Å². The van der Waals surface area contributed by atoms with Crippen molar-refractivity contribution in [2.24, 2.45) is 5.73 Å². The summed E-state index contributed by atoms with van der Waals surface area (Å²) in [5.74, 6) is 0.527. The Hall–Kier alpha value is -2.11. The molecule has 0 aliphatic rings. The van der Waals surface area contributed by atoms with E-state index in [9.17, 15) is 0 Å². The first-order valence-electron chi connectivity index (χ1n) is 6.26. The Morgan fingerprint density at radius 3 is 2.81 bits per heavy atom. The molecular weight excluding hydrogens is 306 g/mol. The molecule has 2 aromatic carbocycles. The second-order valence-electron chi connectivity index (χ2n) is 4.65. The first kappa shape index (κ1) is 13.9. The Bertz CT molecular complexity index is 844. The smallest absolute Gasteiger partial charge is 0.227 e. The van der Waals surface area contributed by atoms with Crippen molar-refractivity contribution < 1.29 is 4.42 Å². The maximum absolute atomic E-state index is 6.14. The predicted octanol–water partition coefficient (Wildman–Crippen LogP) is 4.11. The van der Waals surface area contributed by atoms with E-state index in [-0.39, 0.29) is 5.11 Å². The fourth-order valence-electron chi connectivity index (χ4n) is 2.00. The molecule has 3 N–H and O–H groups in total. The van der Waals surface area contributed by atoms with E-state index >= 15 is 0 Å². The van der Waals surface area contributed by atoms with Crippen LogP contribution in [0.3, 0.4) is 0 Å². The van der Waals surface area contributed by atoms with Crippen LogP contribution in [0.1, 0.15) is 5.56 Å². The summed E-state index contributed by atoms with van der Waals surface area (Å²) in [6, 6.07) is 11.2. The van der Waals surface area contributed by atoms with Crippen LogP contribution in [0.15, 0.2) is 40.8 Å². The number of hydrogen-bond donors (Lipinski definition) is 2. The number of rotatable bonds is 2. The lowest BCUT2D eigenvalue weighted by Crippen LogP contribution is -2.18. The number of nitrogens with two attached hydrogens (primary N) is 1. The fourth-order valence-corrected chi connectivity index (χ4v) is 2.30. The van der Waals surface area contributed by atoms with Gasteiger partial charge < -0.3 is 15.5 Å². The van der Waals surface area contributed by atoms with Crippen molar-refractivity contribution >= 4 is 45.7 Å². The van der Waals surface area contributed by atoms with Crippen LogP contribution in [0.25, 0.3) is 22.6 Å². The lowest BCUT2D eigenvalue weighted by atomic mass is 10.1. The van der Waals surface area contributed by atoms with Crippen molar-refractivity contribution in [1.82, 2.24) is 4.98 Å². The molecule has 0 unspecified atom stereocenters. The van der Waals surface area contributed by atoms with E-state index in [0.717, 1.165) is 22.3 Å². The van der Waals surface area contributed by atoms with Gasteiger partial charge >= 0.3 is 0 Å². The number of anilines is 1. The Kier molecular flexibility index (Phi) is 3.53. The van der Waals surface area contributed by atoms with Gasteiger partial charge in [0.05, 0.1) is 0 Å². The summed E-state index contributed by atoms with van der Waals surface area (Å²) in [5.41, 5.74) is 9.50. The molecule has 0 fully saturated rings. The number of nitrogens with one attached hydrogen (secondary N) is 1. The van der Waals surface area contributed by atoms with Crippen LogP contribution in [-0.4, -0.2) is 10.1 Å². The van der Waals surface area contributed by atoms with Crippen molar-refractivity contribution in [3.8, 4) is 11.5 Å². The third-order valence-corrected chi connectivity index (χ3v) is 3.58. The maximum Gasteiger partial charge on any atom is 0.227 e. The molecule has 0 bridgehead atoms. The van der Waals surface area contributed by atoms with Crippen LogP contribution in [0, 0.1) is 6.92 Å². The second kappa shape index (κ2) is 5.35. The molecule has 106 valence electrons. The zero-order valence-electron chi connectivity index (χ0n) is 11.2. The maximum atomic E-state index is 6.14. The number of benzene rings is 2. The van der Waals surface area contributed by atoms with E-state index < -0.39 is 0 Å². The highest BCUT2D eigenvalue weighted by Crippen LogP contribution is 2.28. The first-order valence-corrected chi connectivity index (χ1v) is 7.05. The highest BCUT2D eigenvalue weighted by atomic mass is 35.5. The van der Waals surface area contributed by atoms with E-state index in [1.807, 2.05) is 43.3 Å². The zero-order chi connectivity index (χ0) is 15.0. The van der Waals surface area contributed by atoms with Gasteiger partial charge in [0.15, 0.2) is 10.7 Å². The molecule has 3 rings (SSSR count). The van der Waals surface area contributed by atoms with Crippen molar-refractivity contribution in [2.45, 2.75) is 6.92 Å². The number of nitrogens with zero attached hydrogens (tertiary/aromatic N) is 1. The van der Waals surface area contributed by atoms with Gasteiger partial charge in [-0.05, 0) is 55.0 Å². The molecule has 0 aliphatic heterocycles. The fraction of sp³-hybridized carbons (Fsp3) is 0.0667. The summed E-state index contributed by atoms with van der Waals surface area (Å²) < 4.78 is 5.75. The first-order chi connectivity index (χ1) is 10.0. The molecule has 0 amide bonds. The normalized spacial score (nSPS) is 10.8. The van der Waals surface area contributed by atoms with Crippen molar-refractivity contribution in [3.05, 3.63) is 47.0 Å². The van der Waals surface area contributed by atoms with Gasteiger partial charge in [-0.2, -0.15) is 0 Å². The molecule has 0 spiro atoms. The van der Waals surface area contributed by atoms with E-state index in [0.29, 0.717) is 16.5 Å². The molecule has 0 radical (unpaired) electrons. The van der Waals surface area contributed by atoms with Gasteiger partial charge in [-0.3, -0.25) is 0 Å². The molecule has 1 aromatic heterocycles. The number of hydrogen-bond acceptors (Lipinski definition) is 3. The summed E-state index contributed by atoms with van der Waals surface area (Å²) in [6.45, 7) is 1.95. The molecule has 0 atom stereocenters. The molecule has 1 heterocycles. The highest BCUT2D eigenvalue weighted by Gasteiger charge is 2.10. The summed E-state index contributed by atoms with van der Waals surface area (Å²) in [6.07, 6.45) is 0. The van der Waals surface area contributed by atoms with Crippen molar-refractivity contribution in [2.75, 3.05) is 5.32 Å². The van der Waals surface area contributed by atoms with E-state index in [2.05, 4.69) is 10.3 Å². The van der Waals surface area contributed by atoms with Crippen LogP contribution in [0.2, 0.25) is 5.02 Å². The molecule has 21 heavy (non-hydrogen) atoms. The van der Waals surface area contributed by atoms with Crippen molar-refractivity contribution in [1.29, 1.82) is 0 Å². The SMILES string of the molecule is Cc1ccc(-c2nc3cc(NC(N)=S)ccc3o2)cc1Cl. The third-order valence-electron chi connectivity index (χ3n) is 3.07. The van der Waals surface area contributed by atoms with Crippen LogP contribution in [-0.2, 0) is 0 Å². The summed E-state index contributed by atoms with van der Waals surface area (Å²) >= 11 is 11.0. The summed E-state index contributed by atoms with van der Waals surface area (Å²) in [5, 5.41) is 3.77. The quantitative estimate of drug-likeness (QED) is 0.696. The molecular formula is C15H12ClN3OS. The van der Waals surface area contributed by atoms with Gasteiger partial charge in [0, 0.05) is 16.3 Å². The van der Waals surface area contributed by atoms with Gasteiger partial charge in [0.2, 0.25) is 5.89 Å². The molecule has 0 aliphatic carbocycles. The largest absolute Gasteiger partial charge is 0.436 e. The predicted molar refractivity (Wildman–Crippen MR) is 89.6 cm³/mol. The average molecular weight is 318 g/mol. The Labute approximate surface area is 131 Å². The van der Waals surface area contributed by atoms with E-state index in [1.165, 1.54) is 0 Å². The Balaban J connectivity index is 2.04. The molecule has 0 saturated carbocycles. The minimum Gasteiger partial charge on any atom is -0.436 e. The van der Waals surface area contributed by atoms with E-state index in [4.69, 9.17) is 34.0 Å². The Morgan fingerprint density at radius 2 is 2.10 bits per heavy atom. The standard InChI is InChI=1S/C15H12ClN3OS/c1-8-2-3-9(6-11(8)16)14-19-12-7-10(18-15(17)21)4-5-13(12)20-14/h2-7H,1H3,(H3,17,18,21). The number of aromatic nitrogens is 1. The Morgan fingerprint density at radius 1 is 1.29 bits per heavy atom. The summed E-state index contributed by atoms with van der Waals surface area (Å²) in [7, 11) is 0. The highest BCUT2D eigenvalue weighted by molar-refractivity contribution is 7.80. The monoisotopic (exact) mass is 317 g/mol. The van der Waals surface area contributed by atoms with Gasteiger partial charge in [0.1, 0.15) is 5.52 Å². The molecule has 6 heteroatoms. The van der Waals surface area contributed by atoms with Gasteiger partial charge in [0.25, 0.3) is 0 Å². The van der Waals surface area contributed by atoms with Crippen LogP contribution < -0.4 is 11.1 Å². The van der Waals surface area contributed by atoms with Gasteiger partial charge in [-0.25, -0.2) is 4.98 Å². The third kappa shape index (κ3) is 2.84. The second-order valence-corrected chi connectivity index (χ2v) is 5.50. The lowest BCUT2D eigenvalue weighted by Gasteiger charge is -2.01. The minimum atomic E-state index is 0.211. The average Bonchev–Trinajstić information content (AvgIpc) is 2.84. The lowest BCUT2D eigenvalue weighted by molar-refractivity contribution is 0.620. The molecule has 3 aromatic rings. The molecule has 0 saturated heterocycles. The summed E-state index contributed by atoms with van der Waals surface area (Å²) in [4.78, 5) is 4.47. The number of fused-ring (bicyclic) bond motifs is 1. The van der Waals surface area contributed by atoms with Crippen LogP contribution in [0.5, 0.6) is 0 Å². The molecule has 4 nitrogen and oxygen atoms in total. The van der Waals surface area contributed by atoms with E-state index in [1.54, 1.807) is 0 Å². The van der Waals surface area contributed by atoms with Gasteiger partial charge in [-0.1, -0.05) is 17.7 Å². The zero-order valence-corrected chi connectivity index (χ0v) is 12.8. The number of aryl methyl sites for hydroxylation is 1.